The van der Waals surface area contributed by atoms with Crippen molar-refractivity contribution in [2.75, 3.05) is 20.6 Å². The Morgan fingerprint density at radius 1 is 1.31 bits per heavy atom. The van der Waals surface area contributed by atoms with Crippen LogP contribution in [0.15, 0.2) is 9.52 Å². The number of aliphatic imine (C=N–C) groups is 1. The van der Waals surface area contributed by atoms with E-state index in [1.165, 1.54) is 34.8 Å². The molecule has 1 N–H and O–H groups in total. The third-order valence-corrected chi connectivity index (χ3v) is 5.60. The monoisotopic (exact) mass is 376 g/mol. The zero-order chi connectivity index (χ0) is 18.5. The lowest BCUT2D eigenvalue weighted by atomic mass is 10.0. The second kappa shape index (κ2) is 8.62. The first kappa shape index (κ1) is 18.8. The van der Waals surface area contributed by atoms with E-state index < -0.39 is 0 Å². The van der Waals surface area contributed by atoms with Crippen molar-refractivity contribution in [3.63, 3.8) is 0 Å². The van der Waals surface area contributed by atoms with E-state index in [-0.39, 0.29) is 5.92 Å². The maximum Gasteiger partial charge on any atom is 0.228 e. The Bertz CT molecular complexity index is 727. The summed E-state index contributed by atoms with van der Waals surface area (Å²) in [6, 6.07) is 0. The Balaban J connectivity index is 1.50. The summed E-state index contributed by atoms with van der Waals surface area (Å²) in [6.45, 7) is 5.58. The number of nitrogens with zero attached hydrogens (tertiary/aromatic N) is 5. The van der Waals surface area contributed by atoms with Crippen molar-refractivity contribution in [3.05, 3.63) is 27.3 Å². The number of rotatable bonds is 6. The first-order valence-electron chi connectivity index (χ1n) is 9.28. The van der Waals surface area contributed by atoms with E-state index in [1.807, 2.05) is 18.4 Å². The summed E-state index contributed by atoms with van der Waals surface area (Å²) in [6.07, 6.45) is 5.56. The van der Waals surface area contributed by atoms with E-state index in [9.17, 15) is 0 Å². The van der Waals surface area contributed by atoms with Crippen molar-refractivity contribution in [1.82, 2.24) is 25.3 Å². The van der Waals surface area contributed by atoms with Crippen molar-refractivity contribution in [3.8, 4) is 0 Å². The summed E-state index contributed by atoms with van der Waals surface area (Å²) in [5.74, 6) is 2.55. The van der Waals surface area contributed by atoms with Crippen molar-refractivity contribution >= 4 is 17.3 Å². The van der Waals surface area contributed by atoms with Crippen LogP contribution in [0.2, 0.25) is 0 Å². The summed E-state index contributed by atoms with van der Waals surface area (Å²) in [5.41, 5.74) is 1.31. The fraction of sp³-hybridized carbons (Fsp3) is 0.667. The minimum absolute atomic E-state index is 0.281. The lowest BCUT2D eigenvalue weighted by Crippen LogP contribution is -2.39. The number of thiazole rings is 1. The number of guanidine groups is 1. The maximum atomic E-state index is 5.28. The molecule has 0 saturated carbocycles. The molecule has 0 fully saturated rings. The topological polar surface area (TPSA) is 79.4 Å². The molecule has 0 amide bonds. The molecule has 7 nitrogen and oxygen atoms in total. The molecule has 1 aliphatic carbocycles. The molecule has 26 heavy (non-hydrogen) atoms. The van der Waals surface area contributed by atoms with Gasteiger partial charge < -0.3 is 14.7 Å². The Kier molecular flexibility index (Phi) is 6.24. The van der Waals surface area contributed by atoms with E-state index in [0.29, 0.717) is 18.9 Å². The highest BCUT2D eigenvalue weighted by atomic mass is 32.1. The van der Waals surface area contributed by atoms with Crippen LogP contribution in [0, 0.1) is 0 Å². The molecule has 0 spiro atoms. The molecule has 2 aromatic rings. The number of fused-ring (bicyclic) bond motifs is 1. The van der Waals surface area contributed by atoms with Crippen LogP contribution in [0.3, 0.4) is 0 Å². The van der Waals surface area contributed by atoms with E-state index in [2.05, 4.69) is 39.2 Å². The number of hydrogen-bond acceptors (Lipinski definition) is 6. The third-order valence-electron chi connectivity index (χ3n) is 4.46. The predicted octanol–water partition coefficient (Wildman–Crippen LogP) is 2.78. The van der Waals surface area contributed by atoms with Crippen LogP contribution in [0.25, 0.3) is 0 Å². The summed E-state index contributed by atoms with van der Waals surface area (Å²) in [5, 5.41) is 8.53. The Hall–Kier alpha value is -1.96. The van der Waals surface area contributed by atoms with Gasteiger partial charge in [-0.15, -0.1) is 11.3 Å². The van der Waals surface area contributed by atoms with E-state index in [4.69, 9.17) is 9.51 Å². The van der Waals surface area contributed by atoms with Crippen LogP contribution in [-0.2, 0) is 25.8 Å². The molecule has 3 rings (SSSR count). The average Bonchev–Trinajstić information content (AvgIpc) is 3.24. The van der Waals surface area contributed by atoms with Gasteiger partial charge in [0.25, 0.3) is 0 Å². The number of nitrogens with one attached hydrogen (secondary N) is 1. The summed E-state index contributed by atoms with van der Waals surface area (Å²) < 4.78 is 5.28. The zero-order valence-corrected chi connectivity index (χ0v) is 16.9. The van der Waals surface area contributed by atoms with Gasteiger partial charge in [-0.05, 0) is 25.7 Å². The highest BCUT2D eigenvalue weighted by molar-refractivity contribution is 7.11. The lowest BCUT2D eigenvalue weighted by Gasteiger charge is -2.20. The predicted molar refractivity (Wildman–Crippen MR) is 104 cm³/mol. The largest absolute Gasteiger partial charge is 0.356 e. The van der Waals surface area contributed by atoms with Gasteiger partial charge in [0.2, 0.25) is 5.89 Å². The van der Waals surface area contributed by atoms with Gasteiger partial charge in [-0.1, -0.05) is 19.0 Å². The first-order valence-corrected chi connectivity index (χ1v) is 10.1. The zero-order valence-electron chi connectivity index (χ0n) is 16.1. The van der Waals surface area contributed by atoms with Crippen LogP contribution < -0.4 is 5.32 Å². The highest BCUT2D eigenvalue weighted by Crippen LogP contribution is 2.27. The van der Waals surface area contributed by atoms with E-state index in [1.54, 1.807) is 7.05 Å². The van der Waals surface area contributed by atoms with Gasteiger partial charge >= 0.3 is 0 Å². The minimum atomic E-state index is 0.281. The number of hydrogen-bond donors (Lipinski definition) is 1. The van der Waals surface area contributed by atoms with Crippen LogP contribution in [-0.4, -0.2) is 46.6 Å². The molecule has 0 aliphatic heterocycles. The molecule has 8 heteroatoms. The lowest BCUT2D eigenvalue weighted by molar-refractivity contribution is 0.370. The summed E-state index contributed by atoms with van der Waals surface area (Å²) in [4.78, 5) is 17.2. The quantitative estimate of drug-likeness (QED) is 0.617. The molecule has 142 valence electrons. The van der Waals surface area contributed by atoms with Crippen LogP contribution in [0.1, 0.15) is 59.9 Å². The van der Waals surface area contributed by atoms with E-state index >= 15 is 0 Å². The van der Waals surface area contributed by atoms with Gasteiger partial charge in [0.15, 0.2) is 11.8 Å². The van der Waals surface area contributed by atoms with Crippen molar-refractivity contribution in [1.29, 1.82) is 0 Å². The minimum Gasteiger partial charge on any atom is -0.356 e. The molecule has 0 radical (unpaired) electrons. The normalized spacial score (nSPS) is 14.6. The van der Waals surface area contributed by atoms with Gasteiger partial charge in [0.1, 0.15) is 5.01 Å². The number of aromatic nitrogens is 3. The molecular formula is C18H28N6OS. The van der Waals surface area contributed by atoms with Crippen LogP contribution in [0.4, 0.5) is 0 Å². The summed E-state index contributed by atoms with van der Waals surface area (Å²) in [7, 11) is 3.84. The van der Waals surface area contributed by atoms with Crippen molar-refractivity contribution in [2.24, 2.45) is 4.99 Å². The fourth-order valence-electron chi connectivity index (χ4n) is 3.02. The smallest absolute Gasteiger partial charge is 0.228 e. The van der Waals surface area contributed by atoms with Crippen molar-refractivity contribution < 1.29 is 4.52 Å². The van der Waals surface area contributed by atoms with Gasteiger partial charge in [-0.2, -0.15) is 4.98 Å². The van der Waals surface area contributed by atoms with Crippen LogP contribution in [0.5, 0.6) is 0 Å². The van der Waals surface area contributed by atoms with Crippen LogP contribution >= 0.6 is 11.3 Å². The maximum absolute atomic E-state index is 5.28. The average molecular weight is 377 g/mol. The molecule has 0 aromatic carbocycles. The van der Waals surface area contributed by atoms with E-state index in [0.717, 1.165) is 24.7 Å². The molecular weight excluding hydrogens is 348 g/mol. The number of aryl methyl sites for hydroxylation is 2. The second-order valence-corrected chi connectivity index (χ2v) is 8.13. The van der Waals surface area contributed by atoms with Gasteiger partial charge in [-0.25, -0.2) is 4.98 Å². The first-order chi connectivity index (χ1) is 12.6. The molecule has 0 atom stereocenters. The SMILES string of the molecule is CN=C(NCCc1nc(C(C)C)no1)N(C)Cc1nc2c(s1)CCCC2. The molecule has 0 unspecified atom stereocenters. The van der Waals surface area contributed by atoms with Gasteiger partial charge in [0.05, 0.1) is 12.2 Å². The highest BCUT2D eigenvalue weighted by Gasteiger charge is 2.17. The standard InChI is InChI=1S/C18H28N6OS/c1-12(2)17-22-15(25-23-17)9-10-20-18(19-3)24(4)11-16-21-13-7-5-6-8-14(13)26-16/h12H,5-11H2,1-4H3,(H,19,20). The molecule has 2 aromatic heterocycles. The Morgan fingerprint density at radius 2 is 2.12 bits per heavy atom. The second-order valence-electron chi connectivity index (χ2n) is 6.97. The fourth-order valence-corrected chi connectivity index (χ4v) is 4.23. The van der Waals surface area contributed by atoms with Gasteiger partial charge in [0, 0.05) is 37.9 Å². The Labute approximate surface area is 158 Å². The molecule has 1 aliphatic rings. The Morgan fingerprint density at radius 3 is 2.81 bits per heavy atom. The van der Waals surface area contributed by atoms with Crippen molar-refractivity contribution in [2.45, 2.75) is 58.4 Å². The molecule has 2 heterocycles. The molecule has 0 saturated heterocycles. The molecule has 0 bridgehead atoms. The van der Waals surface area contributed by atoms with Gasteiger partial charge in [-0.3, -0.25) is 4.99 Å². The summed E-state index contributed by atoms with van der Waals surface area (Å²) >= 11 is 1.85. The third kappa shape index (κ3) is 4.60.